The number of nitrogens with zero attached hydrogens (tertiary/aromatic N) is 2. The van der Waals surface area contributed by atoms with Gasteiger partial charge in [0.15, 0.2) is 0 Å². The van der Waals surface area contributed by atoms with Crippen molar-refractivity contribution >= 4 is 22.7 Å². The van der Waals surface area contributed by atoms with Gasteiger partial charge in [-0.15, -0.1) is 11.3 Å². The molecule has 0 spiro atoms. The number of anilines is 1. The monoisotopic (exact) mass is 283 g/mol. The SMILES string of the molecule is Cc1csc(NN=Cc2ccccc2OC(F)F)n1. The zero-order chi connectivity index (χ0) is 13.7. The highest BCUT2D eigenvalue weighted by atomic mass is 32.1. The zero-order valence-corrected chi connectivity index (χ0v) is 10.8. The Morgan fingerprint density at radius 1 is 1.42 bits per heavy atom. The van der Waals surface area contributed by atoms with Crippen LogP contribution in [0.2, 0.25) is 0 Å². The second kappa shape index (κ2) is 6.24. The van der Waals surface area contributed by atoms with E-state index in [1.165, 1.54) is 23.6 Å². The third kappa shape index (κ3) is 3.99. The molecule has 0 unspecified atom stereocenters. The number of hydrogen-bond acceptors (Lipinski definition) is 5. The number of alkyl halides is 2. The van der Waals surface area contributed by atoms with Gasteiger partial charge in [0.05, 0.1) is 11.9 Å². The summed E-state index contributed by atoms with van der Waals surface area (Å²) in [5.74, 6) is 0.0818. The molecule has 1 heterocycles. The van der Waals surface area contributed by atoms with Gasteiger partial charge in [0.25, 0.3) is 0 Å². The predicted molar refractivity (Wildman–Crippen MR) is 71.1 cm³/mol. The second-order valence-electron chi connectivity index (χ2n) is 3.58. The van der Waals surface area contributed by atoms with E-state index in [4.69, 9.17) is 0 Å². The van der Waals surface area contributed by atoms with Gasteiger partial charge in [0, 0.05) is 10.9 Å². The minimum atomic E-state index is -2.86. The Balaban J connectivity index is 2.05. The standard InChI is InChI=1S/C12H11F2N3OS/c1-8-7-19-12(16-8)17-15-6-9-4-2-3-5-10(9)18-11(13)14/h2-7,11H,1H3,(H,16,17). The third-order valence-electron chi connectivity index (χ3n) is 2.12. The maximum Gasteiger partial charge on any atom is 0.387 e. The van der Waals surface area contributed by atoms with Crippen molar-refractivity contribution in [2.75, 3.05) is 5.43 Å². The molecule has 0 radical (unpaired) electrons. The molecule has 2 aromatic rings. The van der Waals surface area contributed by atoms with E-state index in [0.717, 1.165) is 5.69 Å². The first kappa shape index (κ1) is 13.4. The van der Waals surface area contributed by atoms with Gasteiger partial charge >= 0.3 is 6.61 Å². The quantitative estimate of drug-likeness (QED) is 0.675. The lowest BCUT2D eigenvalue weighted by Crippen LogP contribution is -2.04. The highest BCUT2D eigenvalue weighted by Gasteiger charge is 2.07. The molecule has 0 amide bonds. The van der Waals surface area contributed by atoms with E-state index in [1.54, 1.807) is 18.2 Å². The van der Waals surface area contributed by atoms with E-state index in [1.807, 2.05) is 12.3 Å². The minimum Gasteiger partial charge on any atom is -0.434 e. The Kier molecular flexibility index (Phi) is 4.40. The van der Waals surface area contributed by atoms with Crippen molar-refractivity contribution in [3.63, 3.8) is 0 Å². The van der Waals surface area contributed by atoms with E-state index in [9.17, 15) is 8.78 Å². The normalized spacial score (nSPS) is 11.2. The Labute approximate surface area is 112 Å². The van der Waals surface area contributed by atoms with Crippen LogP contribution in [-0.4, -0.2) is 17.8 Å². The Morgan fingerprint density at radius 3 is 2.89 bits per heavy atom. The van der Waals surface area contributed by atoms with E-state index < -0.39 is 6.61 Å². The van der Waals surface area contributed by atoms with Gasteiger partial charge in [0.1, 0.15) is 5.75 Å². The maximum absolute atomic E-state index is 12.2. The van der Waals surface area contributed by atoms with Crippen molar-refractivity contribution < 1.29 is 13.5 Å². The van der Waals surface area contributed by atoms with Crippen molar-refractivity contribution in [3.05, 3.63) is 40.9 Å². The van der Waals surface area contributed by atoms with E-state index in [2.05, 4.69) is 20.2 Å². The van der Waals surface area contributed by atoms with Crippen molar-refractivity contribution in [1.29, 1.82) is 0 Å². The Morgan fingerprint density at radius 2 is 2.21 bits per heavy atom. The summed E-state index contributed by atoms with van der Waals surface area (Å²) >= 11 is 1.41. The van der Waals surface area contributed by atoms with Crippen LogP contribution in [0.15, 0.2) is 34.7 Å². The molecule has 0 aliphatic rings. The Bertz CT molecular complexity index is 572. The van der Waals surface area contributed by atoms with Crippen molar-refractivity contribution in [1.82, 2.24) is 4.98 Å². The fraction of sp³-hybridized carbons (Fsp3) is 0.167. The molecule has 4 nitrogen and oxygen atoms in total. The summed E-state index contributed by atoms with van der Waals surface area (Å²) in [6, 6.07) is 6.43. The number of aryl methyl sites for hydroxylation is 1. The molecule has 0 saturated heterocycles. The van der Waals surface area contributed by atoms with Gasteiger partial charge in [-0.2, -0.15) is 13.9 Å². The van der Waals surface area contributed by atoms with Crippen LogP contribution in [0.5, 0.6) is 5.75 Å². The summed E-state index contributed by atoms with van der Waals surface area (Å²) < 4.78 is 28.8. The van der Waals surface area contributed by atoms with Gasteiger partial charge < -0.3 is 4.74 Å². The first-order valence-electron chi connectivity index (χ1n) is 5.40. The number of halogens is 2. The lowest BCUT2D eigenvalue weighted by atomic mass is 10.2. The van der Waals surface area contributed by atoms with Crippen LogP contribution in [0.3, 0.4) is 0 Å². The topological polar surface area (TPSA) is 46.5 Å². The summed E-state index contributed by atoms with van der Waals surface area (Å²) in [5.41, 5.74) is 4.08. The van der Waals surface area contributed by atoms with Gasteiger partial charge in [0.2, 0.25) is 5.13 Å². The fourth-order valence-electron chi connectivity index (χ4n) is 1.35. The smallest absolute Gasteiger partial charge is 0.387 e. The second-order valence-corrected chi connectivity index (χ2v) is 4.44. The minimum absolute atomic E-state index is 0.0818. The summed E-state index contributed by atoms with van der Waals surface area (Å²) in [6.07, 6.45) is 1.41. The molecule has 1 aromatic carbocycles. The van der Waals surface area contributed by atoms with E-state index in [-0.39, 0.29) is 5.75 Å². The zero-order valence-electron chi connectivity index (χ0n) is 10.0. The highest BCUT2D eigenvalue weighted by molar-refractivity contribution is 7.13. The summed E-state index contributed by atoms with van der Waals surface area (Å²) in [4.78, 5) is 4.16. The van der Waals surface area contributed by atoms with E-state index >= 15 is 0 Å². The lowest BCUT2D eigenvalue weighted by molar-refractivity contribution is -0.0499. The molecule has 0 aliphatic carbocycles. The van der Waals surface area contributed by atoms with Gasteiger partial charge in [-0.05, 0) is 19.1 Å². The van der Waals surface area contributed by atoms with Gasteiger partial charge in [-0.1, -0.05) is 12.1 Å². The molecule has 2 rings (SSSR count). The average molecular weight is 283 g/mol. The van der Waals surface area contributed by atoms with Crippen LogP contribution in [0.1, 0.15) is 11.3 Å². The molecule has 0 saturated carbocycles. The van der Waals surface area contributed by atoms with Gasteiger partial charge in [-0.3, -0.25) is 5.43 Å². The number of benzene rings is 1. The summed E-state index contributed by atoms with van der Waals surface area (Å²) in [7, 11) is 0. The Hall–Kier alpha value is -2.02. The fourth-order valence-corrected chi connectivity index (χ4v) is 1.99. The molecular weight excluding hydrogens is 272 g/mol. The molecule has 19 heavy (non-hydrogen) atoms. The maximum atomic E-state index is 12.2. The highest BCUT2D eigenvalue weighted by Crippen LogP contribution is 2.19. The number of thiazole rings is 1. The van der Waals surface area contributed by atoms with Crippen LogP contribution in [-0.2, 0) is 0 Å². The lowest BCUT2D eigenvalue weighted by Gasteiger charge is -2.06. The van der Waals surface area contributed by atoms with Crippen molar-refractivity contribution in [3.8, 4) is 5.75 Å². The molecule has 0 bridgehead atoms. The number of ether oxygens (including phenoxy) is 1. The third-order valence-corrected chi connectivity index (χ3v) is 2.98. The molecule has 0 fully saturated rings. The molecule has 0 aliphatic heterocycles. The average Bonchev–Trinajstić information content (AvgIpc) is 2.77. The number of rotatable bonds is 5. The number of para-hydroxylation sites is 1. The van der Waals surface area contributed by atoms with E-state index in [0.29, 0.717) is 10.7 Å². The predicted octanol–water partition coefficient (Wildman–Crippen LogP) is 3.50. The molecule has 0 atom stereocenters. The molecular formula is C12H11F2N3OS. The van der Waals surface area contributed by atoms with Crippen LogP contribution >= 0.6 is 11.3 Å². The first-order chi connectivity index (χ1) is 9.15. The molecule has 100 valence electrons. The van der Waals surface area contributed by atoms with Crippen LogP contribution in [0.4, 0.5) is 13.9 Å². The number of hydrazone groups is 1. The number of hydrogen-bond donors (Lipinski definition) is 1. The van der Waals surface area contributed by atoms with Crippen molar-refractivity contribution in [2.45, 2.75) is 13.5 Å². The van der Waals surface area contributed by atoms with Crippen molar-refractivity contribution in [2.24, 2.45) is 5.10 Å². The summed E-state index contributed by atoms with van der Waals surface area (Å²) in [6.45, 7) is -0.985. The van der Waals surface area contributed by atoms with Gasteiger partial charge in [-0.25, -0.2) is 4.98 Å². The molecule has 7 heteroatoms. The molecule has 1 N–H and O–H groups in total. The number of nitrogens with one attached hydrogen (secondary N) is 1. The van der Waals surface area contributed by atoms with Crippen LogP contribution < -0.4 is 10.2 Å². The molecule has 1 aromatic heterocycles. The summed E-state index contributed by atoms with van der Waals surface area (Å²) in [5, 5.41) is 6.46. The van der Waals surface area contributed by atoms with Crippen LogP contribution in [0.25, 0.3) is 0 Å². The first-order valence-corrected chi connectivity index (χ1v) is 6.28. The van der Waals surface area contributed by atoms with Crippen LogP contribution in [0, 0.1) is 6.92 Å². The largest absolute Gasteiger partial charge is 0.434 e. The number of aromatic nitrogens is 1.